The van der Waals surface area contributed by atoms with E-state index in [4.69, 9.17) is 40.0 Å². The molecule has 3 unspecified atom stereocenters. The van der Waals surface area contributed by atoms with E-state index in [1.165, 1.54) is 23.8 Å². The number of ether oxygens (including phenoxy) is 1. The normalized spacial score (nSPS) is 36.9. The molecule has 0 saturated carbocycles. The lowest BCUT2D eigenvalue weighted by atomic mass is 10.1. The maximum absolute atomic E-state index is 15.8. The van der Waals surface area contributed by atoms with E-state index in [2.05, 4.69) is 42.5 Å². The molecule has 6 rings (SSSR count). The highest BCUT2D eigenvalue weighted by Crippen LogP contribution is 2.57. The van der Waals surface area contributed by atoms with Gasteiger partial charge in [0.25, 0.3) is 5.91 Å². The van der Waals surface area contributed by atoms with Crippen LogP contribution in [0.15, 0.2) is 22.5 Å². The van der Waals surface area contributed by atoms with Crippen LogP contribution in [0.25, 0.3) is 11.2 Å². The predicted molar refractivity (Wildman–Crippen MR) is 141 cm³/mol. The van der Waals surface area contributed by atoms with Crippen molar-refractivity contribution in [1.29, 1.82) is 5.41 Å². The first-order valence-electron chi connectivity index (χ1n) is 11.5. The predicted octanol–water partition coefficient (Wildman–Crippen LogP) is 0.268. The second-order valence-corrected chi connectivity index (χ2v) is 14.4. The van der Waals surface area contributed by atoms with Crippen molar-refractivity contribution in [3.63, 3.8) is 0 Å². The second kappa shape index (κ2) is 10.5. The van der Waals surface area contributed by atoms with Crippen molar-refractivity contribution in [2.75, 3.05) is 13.2 Å². The number of imidazole rings is 1. The van der Waals surface area contributed by atoms with Crippen molar-refractivity contribution in [2.24, 2.45) is 9.98 Å². The number of carbonyl (C=O) groups is 1. The minimum atomic E-state index is -4.30. The van der Waals surface area contributed by atoms with Crippen molar-refractivity contribution in [1.82, 2.24) is 29.7 Å². The number of hydrogen-bond donors (Lipinski definition) is 4. The molecule has 0 aliphatic carbocycles. The molecule has 17 nitrogen and oxygen atoms in total. The molecule has 2 bridgehead atoms. The summed E-state index contributed by atoms with van der Waals surface area (Å²) in [5.74, 6) is -0.870. The number of carbonyl (C=O) groups excluding carboxylic acids is 1. The molecule has 0 spiro atoms. The van der Waals surface area contributed by atoms with Crippen LogP contribution in [0.2, 0.25) is 0 Å². The first-order valence-corrected chi connectivity index (χ1v) is 16.8. The number of amidine groups is 1. The fourth-order valence-corrected chi connectivity index (χ4v) is 6.94. The van der Waals surface area contributed by atoms with E-state index in [0.717, 1.165) is 0 Å². The molecule has 1 amide bonds. The Balaban J connectivity index is 1.33. The van der Waals surface area contributed by atoms with Crippen LogP contribution in [0.5, 0.6) is 0 Å². The maximum Gasteiger partial charge on any atom is 0.387 e. The van der Waals surface area contributed by atoms with Gasteiger partial charge in [-0.2, -0.15) is 4.99 Å². The quantitative estimate of drug-likeness (QED) is 0.245. The minimum absolute atomic E-state index is 0.0316. The molecule has 4 aliphatic heterocycles. The van der Waals surface area contributed by atoms with Crippen molar-refractivity contribution in [3.8, 4) is 0 Å². The molecular formula is C18H20FN9O8P2S2. The van der Waals surface area contributed by atoms with Crippen LogP contribution in [0.1, 0.15) is 5.82 Å². The summed E-state index contributed by atoms with van der Waals surface area (Å²) in [6.45, 7) is -9.16. The molecule has 3 N–H and O–H groups in total. The number of rotatable bonds is 1. The number of amides is 1. The van der Waals surface area contributed by atoms with E-state index in [-0.39, 0.29) is 24.8 Å². The molecule has 214 valence electrons. The van der Waals surface area contributed by atoms with E-state index < -0.39 is 69.2 Å². The lowest BCUT2D eigenvalue weighted by Crippen LogP contribution is -2.53. The van der Waals surface area contributed by atoms with E-state index >= 15 is 4.39 Å². The Morgan fingerprint density at radius 2 is 2.15 bits per heavy atom. The van der Waals surface area contributed by atoms with Gasteiger partial charge < -0.3 is 23.2 Å². The summed E-state index contributed by atoms with van der Waals surface area (Å²) >= 11 is 9.12. The van der Waals surface area contributed by atoms with Crippen LogP contribution in [-0.2, 0) is 57.1 Å². The van der Waals surface area contributed by atoms with Crippen LogP contribution >= 0.6 is 25.8 Å². The zero-order chi connectivity index (χ0) is 28.2. The molecule has 4 aliphatic rings. The topological polar surface area (TPSA) is 208 Å². The van der Waals surface area contributed by atoms with Gasteiger partial charge in [0, 0.05) is 6.54 Å². The van der Waals surface area contributed by atoms with Crippen molar-refractivity contribution >= 4 is 72.8 Å². The third-order valence-corrected chi connectivity index (χ3v) is 9.39. The van der Waals surface area contributed by atoms with Crippen molar-refractivity contribution in [3.05, 3.63) is 18.3 Å². The number of halogens is 1. The van der Waals surface area contributed by atoms with E-state index in [1.807, 2.05) is 0 Å². The van der Waals surface area contributed by atoms with Crippen LogP contribution in [0.3, 0.4) is 0 Å². The number of guanidine groups is 1. The van der Waals surface area contributed by atoms with Gasteiger partial charge >= 0.3 is 13.5 Å². The number of nitrogens with zero attached hydrogens (tertiary/aromatic N) is 7. The van der Waals surface area contributed by atoms with Gasteiger partial charge in [0.2, 0.25) is 5.96 Å². The summed E-state index contributed by atoms with van der Waals surface area (Å²) in [7, 11) is 0. The van der Waals surface area contributed by atoms with Crippen molar-refractivity contribution in [2.45, 2.75) is 43.8 Å². The van der Waals surface area contributed by atoms with E-state index in [1.54, 1.807) is 4.57 Å². The summed E-state index contributed by atoms with van der Waals surface area (Å²) in [5.41, 5.74) is 0.809. The molecule has 2 aromatic rings. The molecule has 0 aromatic carbocycles. The van der Waals surface area contributed by atoms with Gasteiger partial charge in [0.05, 0.1) is 25.7 Å². The Bertz CT molecular complexity index is 1540. The third-order valence-electron chi connectivity index (χ3n) is 6.18. The zero-order valence-electron chi connectivity index (χ0n) is 20.0. The summed E-state index contributed by atoms with van der Waals surface area (Å²) in [6.07, 6.45) is -2.51. The lowest BCUT2D eigenvalue weighted by Gasteiger charge is -2.30. The average Bonchev–Trinajstić information content (AvgIpc) is 3.55. The average molecular weight is 635 g/mol. The van der Waals surface area contributed by atoms with Crippen LogP contribution in [-0.4, -0.2) is 97.2 Å². The van der Waals surface area contributed by atoms with E-state index in [0.29, 0.717) is 11.2 Å². The van der Waals surface area contributed by atoms with Crippen LogP contribution in [0.4, 0.5) is 4.39 Å². The molecular weight excluding hydrogens is 615 g/mol. The molecule has 40 heavy (non-hydrogen) atoms. The Morgan fingerprint density at radius 3 is 2.98 bits per heavy atom. The Morgan fingerprint density at radius 1 is 1.32 bits per heavy atom. The van der Waals surface area contributed by atoms with Gasteiger partial charge in [-0.1, -0.05) is 12.2 Å². The summed E-state index contributed by atoms with van der Waals surface area (Å²) in [6, 6.07) is -1.11. The SMILES string of the molecule is N=C1N=C2C(N=CN2[C@H]2O[C@@H]3COP(O)(=S)OCCn4c(nc5cncnc54)COP(=O)(S)O[C@@H]2[C@H]3F)C(=O)N1. The largest absolute Gasteiger partial charge is 0.387 e. The molecule has 6 heterocycles. The highest BCUT2D eigenvalue weighted by molar-refractivity contribution is 8.44. The maximum atomic E-state index is 15.8. The van der Waals surface area contributed by atoms with Crippen LogP contribution < -0.4 is 5.32 Å². The van der Waals surface area contributed by atoms with Gasteiger partial charge in [-0.25, -0.2) is 23.9 Å². The van der Waals surface area contributed by atoms with Gasteiger partial charge in [-0.15, -0.1) is 0 Å². The minimum Gasteiger partial charge on any atom is -0.346 e. The first kappa shape index (κ1) is 27.9. The monoisotopic (exact) mass is 635 g/mol. The number of aliphatic imine (C=N–C) groups is 2. The smallest absolute Gasteiger partial charge is 0.346 e. The molecule has 1 saturated heterocycles. The first-order chi connectivity index (χ1) is 19.0. The number of alkyl halides is 1. The molecule has 1 fully saturated rings. The number of aromatic nitrogens is 4. The van der Waals surface area contributed by atoms with Crippen LogP contribution in [0, 0.1) is 5.41 Å². The third kappa shape index (κ3) is 5.36. The second-order valence-electron chi connectivity index (χ2n) is 8.71. The number of hydrogen-bond acceptors (Lipinski definition) is 14. The van der Waals surface area contributed by atoms with Gasteiger partial charge in [-0.05, 0) is 11.8 Å². The standard InChI is InChI=1S/C18H20FN9O8P2S2/c19-11-9-4-33-37(30,39)32-2-1-27-10(24-8-3-21-6-22-14(8)27)5-34-38(31,40)36-13(11)17(35-9)28-7-23-12-15(28)25-18(20)26-16(12)29/h3,6-7,9,11-13,17H,1-2,4-5H2,(H,30,39)(H,31,40)(H2,20,26,29)/t9-,11+,12?,13-,17+,37?,38?/m1/s1. The van der Waals surface area contributed by atoms with E-state index in [9.17, 15) is 14.3 Å². The molecule has 0 radical (unpaired) electrons. The fraction of sp³-hybridized carbons (Fsp3) is 0.500. The summed E-state index contributed by atoms with van der Waals surface area (Å²) < 4.78 is 58.3. The highest BCUT2D eigenvalue weighted by atomic mass is 32.7. The van der Waals surface area contributed by atoms with Gasteiger partial charge in [-0.3, -0.25) is 34.5 Å². The zero-order valence-corrected chi connectivity index (χ0v) is 23.5. The number of fused-ring (bicyclic) bond motifs is 6. The lowest BCUT2D eigenvalue weighted by molar-refractivity contribution is -0.119. The molecule has 7 atom stereocenters. The van der Waals surface area contributed by atoms with Gasteiger partial charge in [0.15, 0.2) is 29.9 Å². The number of nitrogens with one attached hydrogen (secondary N) is 2. The summed E-state index contributed by atoms with van der Waals surface area (Å²) in [4.78, 5) is 44.6. The van der Waals surface area contributed by atoms with Gasteiger partial charge in [0.1, 0.15) is 36.5 Å². The number of thiol groups is 1. The highest BCUT2D eigenvalue weighted by Gasteiger charge is 2.54. The Kier molecular flexibility index (Phi) is 7.35. The van der Waals surface area contributed by atoms with Crippen molar-refractivity contribution < 1.29 is 41.5 Å². The summed E-state index contributed by atoms with van der Waals surface area (Å²) in [5, 5.41) is 9.98. The molecule has 22 heteroatoms. The Hall–Kier alpha value is -2.25. The Labute approximate surface area is 234 Å². The fourth-order valence-electron chi connectivity index (χ4n) is 4.44. The molecule has 2 aromatic heterocycles.